The number of aromatic nitrogens is 1. The first kappa shape index (κ1) is 17.2. The molecule has 0 saturated heterocycles. The maximum absolute atomic E-state index is 13.3. The Balaban J connectivity index is 1.75. The number of anilines is 1. The predicted molar refractivity (Wildman–Crippen MR) is 92.6 cm³/mol. The first-order valence-electron chi connectivity index (χ1n) is 7.37. The fraction of sp³-hybridized carbons (Fsp3) is 0.111. The van der Waals surface area contributed by atoms with E-state index < -0.39 is 11.6 Å². The standard InChI is InChI=1S/C18H14F2N2O2S/c1-24-9-11-3-2-4-13(7-11)17(23)22-18-21-16(10-25-18)12-5-6-14(19)15(20)8-12/h2-8,10H,9H2,1H3,(H,21,22,23). The summed E-state index contributed by atoms with van der Waals surface area (Å²) in [7, 11) is 1.59. The Morgan fingerprint density at radius 3 is 2.80 bits per heavy atom. The molecule has 4 nitrogen and oxygen atoms in total. The van der Waals surface area contributed by atoms with Gasteiger partial charge in [-0.05, 0) is 35.9 Å². The number of hydrogen-bond acceptors (Lipinski definition) is 4. The number of carbonyl (C=O) groups excluding carboxylic acids is 1. The molecular formula is C18H14F2N2O2S. The van der Waals surface area contributed by atoms with Crippen LogP contribution in [0.25, 0.3) is 11.3 Å². The summed E-state index contributed by atoms with van der Waals surface area (Å²) < 4.78 is 31.4. The van der Waals surface area contributed by atoms with E-state index >= 15 is 0 Å². The van der Waals surface area contributed by atoms with E-state index in [1.807, 2.05) is 6.07 Å². The second-order valence-electron chi connectivity index (χ2n) is 5.25. The van der Waals surface area contributed by atoms with Gasteiger partial charge in [-0.2, -0.15) is 0 Å². The van der Waals surface area contributed by atoms with Crippen LogP contribution in [0, 0.1) is 11.6 Å². The fourth-order valence-corrected chi connectivity index (χ4v) is 2.97. The molecule has 3 aromatic rings. The average Bonchev–Trinajstić information content (AvgIpc) is 3.06. The lowest BCUT2D eigenvalue weighted by molar-refractivity contribution is 0.102. The van der Waals surface area contributed by atoms with Gasteiger partial charge in [-0.1, -0.05) is 12.1 Å². The van der Waals surface area contributed by atoms with Gasteiger partial charge >= 0.3 is 0 Å². The van der Waals surface area contributed by atoms with E-state index in [0.717, 1.165) is 17.7 Å². The fourth-order valence-electron chi connectivity index (χ4n) is 2.26. The molecular weight excluding hydrogens is 346 g/mol. The van der Waals surface area contributed by atoms with E-state index in [1.165, 1.54) is 17.4 Å². The van der Waals surface area contributed by atoms with Crippen LogP contribution in [0.5, 0.6) is 0 Å². The van der Waals surface area contributed by atoms with Gasteiger partial charge in [-0.25, -0.2) is 13.8 Å². The van der Waals surface area contributed by atoms with Crippen LogP contribution in [0.2, 0.25) is 0 Å². The van der Waals surface area contributed by atoms with Crippen molar-refractivity contribution >= 4 is 22.4 Å². The lowest BCUT2D eigenvalue weighted by Crippen LogP contribution is -2.12. The average molecular weight is 360 g/mol. The topological polar surface area (TPSA) is 51.2 Å². The zero-order chi connectivity index (χ0) is 17.8. The first-order chi connectivity index (χ1) is 12.1. The van der Waals surface area contributed by atoms with Crippen molar-refractivity contribution in [3.63, 3.8) is 0 Å². The summed E-state index contributed by atoms with van der Waals surface area (Å²) in [6, 6.07) is 10.6. The molecule has 0 aliphatic rings. The van der Waals surface area contributed by atoms with E-state index in [4.69, 9.17) is 4.74 Å². The normalized spacial score (nSPS) is 10.7. The molecule has 1 aromatic heterocycles. The van der Waals surface area contributed by atoms with Crippen molar-refractivity contribution in [3.05, 3.63) is 70.6 Å². The number of carbonyl (C=O) groups is 1. The van der Waals surface area contributed by atoms with Gasteiger partial charge in [-0.3, -0.25) is 10.1 Å². The molecule has 1 N–H and O–H groups in total. The van der Waals surface area contributed by atoms with Gasteiger partial charge in [0.05, 0.1) is 12.3 Å². The van der Waals surface area contributed by atoms with E-state index in [0.29, 0.717) is 28.6 Å². The second-order valence-corrected chi connectivity index (χ2v) is 6.11. The van der Waals surface area contributed by atoms with E-state index in [1.54, 1.807) is 30.7 Å². The van der Waals surface area contributed by atoms with Gasteiger partial charge in [0, 0.05) is 23.6 Å². The summed E-state index contributed by atoms with van der Waals surface area (Å²) in [5, 5.41) is 4.75. The van der Waals surface area contributed by atoms with Gasteiger partial charge in [0.2, 0.25) is 0 Å². The van der Waals surface area contributed by atoms with Crippen molar-refractivity contribution in [3.8, 4) is 11.3 Å². The second kappa shape index (κ2) is 7.50. The van der Waals surface area contributed by atoms with E-state index in [9.17, 15) is 13.6 Å². The Labute approximate surface area is 147 Å². The lowest BCUT2D eigenvalue weighted by Gasteiger charge is -2.04. The number of methoxy groups -OCH3 is 1. The smallest absolute Gasteiger partial charge is 0.257 e. The molecule has 2 aromatic carbocycles. The number of nitrogens with one attached hydrogen (secondary N) is 1. The van der Waals surface area contributed by atoms with Crippen LogP contribution in [0.1, 0.15) is 15.9 Å². The lowest BCUT2D eigenvalue weighted by atomic mass is 10.1. The molecule has 3 rings (SSSR count). The molecule has 0 bridgehead atoms. The zero-order valence-corrected chi connectivity index (χ0v) is 14.1. The molecule has 1 amide bonds. The third-order valence-corrected chi connectivity index (χ3v) is 4.20. The molecule has 0 aliphatic carbocycles. The summed E-state index contributed by atoms with van der Waals surface area (Å²) in [4.78, 5) is 16.6. The molecule has 25 heavy (non-hydrogen) atoms. The molecule has 7 heteroatoms. The van der Waals surface area contributed by atoms with Gasteiger partial charge < -0.3 is 4.74 Å². The van der Waals surface area contributed by atoms with E-state index in [2.05, 4.69) is 10.3 Å². The summed E-state index contributed by atoms with van der Waals surface area (Å²) in [5.74, 6) is -2.15. The third kappa shape index (κ3) is 4.07. The minimum Gasteiger partial charge on any atom is -0.380 e. The minimum absolute atomic E-state index is 0.302. The van der Waals surface area contributed by atoms with Crippen molar-refractivity contribution in [2.24, 2.45) is 0 Å². The van der Waals surface area contributed by atoms with Crippen LogP contribution in [-0.2, 0) is 11.3 Å². The Hall–Kier alpha value is -2.64. The monoisotopic (exact) mass is 360 g/mol. The van der Waals surface area contributed by atoms with Crippen molar-refractivity contribution in [1.29, 1.82) is 0 Å². The number of halogens is 2. The van der Waals surface area contributed by atoms with Crippen molar-refractivity contribution < 1.29 is 18.3 Å². The highest BCUT2D eigenvalue weighted by Crippen LogP contribution is 2.26. The number of ether oxygens (including phenoxy) is 1. The molecule has 1 heterocycles. The van der Waals surface area contributed by atoms with E-state index in [-0.39, 0.29) is 5.91 Å². The highest BCUT2D eigenvalue weighted by molar-refractivity contribution is 7.14. The van der Waals surface area contributed by atoms with Crippen LogP contribution >= 0.6 is 11.3 Å². The van der Waals surface area contributed by atoms with Gasteiger partial charge in [0.15, 0.2) is 16.8 Å². The van der Waals surface area contributed by atoms with Crippen molar-refractivity contribution in [1.82, 2.24) is 4.98 Å². The molecule has 0 aliphatic heterocycles. The van der Waals surface area contributed by atoms with Crippen LogP contribution < -0.4 is 5.32 Å². The number of amides is 1. The van der Waals surface area contributed by atoms with Crippen LogP contribution in [0.3, 0.4) is 0 Å². The molecule has 0 radical (unpaired) electrons. The van der Waals surface area contributed by atoms with Crippen molar-refractivity contribution in [2.45, 2.75) is 6.61 Å². The predicted octanol–water partition coefficient (Wildman–Crippen LogP) is 4.49. The summed E-state index contributed by atoms with van der Waals surface area (Å²) in [5.41, 5.74) is 2.28. The van der Waals surface area contributed by atoms with Gasteiger partial charge in [0.25, 0.3) is 5.91 Å². The quantitative estimate of drug-likeness (QED) is 0.729. The van der Waals surface area contributed by atoms with Crippen LogP contribution in [-0.4, -0.2) is 18.0 Å². The molecule has 128 valence electrons. The first-order valence-corrected chi connectivity index (χ1v) is 8.25. The van der Waals surface area contributed by atoms with Crippen LogP contribution in [0.4, 0.5) is 13.9 Å². The SMILES string of the molecule is COCc1cccc(C(=O)Nc2nc(-c3ccc(F)c(F)c3)cs2)c1. The largest absolute Gasteiger partial charge is 0.380 e. The van der Waals surface area contributed by atoms with Gasteiger partial charge in [-0.15, -0.1) is 11.3 Å². The number of hydrogen-bond donors (Lipinski definition) is 1. The van der Waals surface area contributed by atoms with Crippen LogP contribution in [0.15, 0.2) is 47.8 Å². The maximum Gasteiger partial charge on any atom is 0.257 e. The molecule has 0 atom stereocenters. The minimum atomic E-state index is -0.939. The molecule has 0 unspecified atom stereocenters. The molecule has 0 saturated carbocycles. The Kier molecular flexibility index (Phi) is 5.16. The number of rotatable bonds is 5. The highest BCUT2D eigenvalue weighted by Gasteiger charge is 2.12. The summed E-state index contributed by atoms with van der Waals surface area (Å²) in [6.07, 6.45) is 0. The van der Waals surface area contributed by atoms with Crippen molar-refractivity contribution in [2.75, 3.05) is 12.4 Å². The Bertz CT molecular complexity index is 912. The Morgan fingerprint density at radius 2 is 2.04 bits per heavy atom. The Morgan fingerprint density at radius 1 is 1.20 bits per heavy atom. The number of thiazole rings is 1. The maximum atomic E-state index is 13.3. The highest BCUT2D eigenvalue weighted by atomic mass is 32.1. The summed E-state index contributed by atoms with van der Waals surface area (Å²) >= 11 is 1.21. The van der Waals surface area contributed by atoms with Gasteiger partial charge in [0.1, 0.15) is 0 Å². The number of benzene rings is 2. The molecule has 0 fully saturated rings. The zero-order valence-electron chi connectivity index (χ0n) is 13.3. The summed E-state index contributed by atoms with van der Waals surface area (Å²) in [6.45, 7) is 0.415. The molecule has 0 spiro atoms. The number of nitrogens with zero attached hydrogens (tertiary/aromatic N) is 1. The third-order valence-electron chi connectivity index (χ3n) is 3.44.